The Kier molecular flexibility index (Phi) is 4.65. The van der Waals surface area contributed by atoms with Crippen molar-refractivity contribution < 1.29 is 4.79 Å². The van der Waals surface area contributed by atoms with Crippen LogP contribution in [0.2, 0.25) is 15.2 Å². The standard InChI is InChI=1S/C13H6Cl3N3OS2/c14-7-2-9(21-5-7)10-4-18-13(22-10)19-12(20)6-1-8(15)11(16)17-3-6/h1-5H,(H,18,19,20). The number of amides is 1. The molecule has 3 aromatic rings. The predicted molar refractivity (Wildman–Crippen MR) is 92.6 cm³/mol. The number of anilines is 1. The van der Waals surface area contributed by atoms with Gasteiger partial charge in [0.05, 0.1) is 20.5 Å². The number of pyridine rings is 1. The van der Waals surface area contributed by atoms with Crippen molar-refractivity contribution in [2.75, 3.05) is 5.32 Å². The molecule has 0 aromatic carbocycles. The van der Waals surface area contributed by atoms with Crippen molar-refractivity contribution in [2.45, 2.75) is 0 Å². The number of hydrogen-bond donors (Lipinski definition) is 1. The molecule has 3 aromatic heterocycles. The molecule has 0 unspecified atom stereocenters. The van der Waals surface area contributed by atoms with E-state index in [2.05, 4.69) is 15.3 Å². The number of halogens is 3. The fraction of sp³-hybridized carbons (Fsp3) is 0. The Morgan fingerprint density at radius 3 is 2.59 bits per heavy atom. The van der Waals surface area contributed by atoms with Gasteiger partial charge in [0.2, 0.25) is 0 Å². The van der Waals surface area contributed by atoms with Gasteiger partial charge in [-0.1, -0.05) is 46.1 Å². The van der Waals surface area contributed by atoms with E-state index in [0.717, 1.165) is 9.75 Å². The van der Waals surface area contributed by atoms with Gasteiger partial charge in [0.25, 0.3) is 5.91 Å². The summed E-state index contributed by atoms with van der Waals surface area (Å²) in [5.41, 5.74) is 0.310. The molecule has 4 nitrogen and oxygen atoms in total. The number of nitrogens with zero attached hydrogens (tertiary/aromatic N) is 2. The average molecular weight is 391 g/mol. The largest absolute Gasteiger partial charge is 0.298 e. The molecule has 9 heteroatoms. The molecule has 0 atom stereocenters. The number of rotatable bonds is 3. The third-order valence-corrected chi connectivity index (χ3v) is 5.67. The van der Waals surface area contributed by atoms with Crippen LogP contribution in [-0.2, 0) is 0 Å². The summed E-state index contributed by atoms with van der Waals surface area (Å²) in [6, 6.07) is 3.31. The van der Waals surface area contributed by atoms with Crippen LogP contribution < -0.4 is 5.32 Å². The van der Waals surface area contributed by atoms with E-state index in [1.165, 1.54) is 34.9 Å². The third kappa shape index (κ3) is 3.42. The van der Waals surface area contributed by atoms with Crippen molar-refractivity contribution in [2.24, 2.45) is 0 Å². The van der Waals surface area contributed by atoms with Gasteiger partial charge in [-0.15, -0.1) is 11.3 Å². The summed E-state index contributed by atoms with van der Waals surface area (Å²) in [6.45, 7) is 0. The van der Waals surface area contributed by atoms with Crippen molar-refractivity contribution in [3.63, 3.8) is 0 Å². The molecule has 0 aliphatic carbocycles. The lowest BCUT2D eigenvalue weighted by Crippen LogP contribution is -2.11. The number of carbonyl (C=O) groups is 1. The summed E-state index contributed by atoms with van der Waals surface area (Å²) in [6.07, 6.45) is 3.05. The monoisotopic (exact) mass is 389 g/mol. The highest BCUT2D eigenvalue weighted by atomic mass is 35.5. The predicted octanol–water partition coefficient (Wildman–Crippen LogP) is 5.48. The molecule has 3 heterocycles. The Hall–Kier alpha value is -1.18. The Bertz CT molecular complexity index is 847. The minimum absolute atomic E-state index is 0.157. The fourth-order valence-electron chi connectivity index (χ4n) is 1.60. The molecule has 0 saturated carbocycles. The topological polar surface area (TPSA) is 54.9 Å². The van der Waals surface area contributed by atoms with E-state index in [-0.39, 0.29) is 16.1 Å². The summed E-state index contributed by atoms with van der Waals surface area (Å²) in [7, 11) is 0. The molecule has 0 spiro atoms. The minimum atomic E-state index is -0.351. The summed E-state index contributed by atoms with van der Waals surface area (Å²) < 4.78 is 0. The molecule has 0 radical (unpaired) electrons. The molecule has 3 rings (SSSR count). The molecular formula is C13H6Cl3N3OS2. The van der Waals surface area contributed by atoms with Gasteiger partial charge in [0, 0.05) is 22.7 Å². The molecule has 0 aliphatic heterocycles. The molecule has 1 amide bonds. The number of carbonyl (C=O) groups excluding carboxylic acids is 1. The Balaban J connectivity index is 1.77. The highest BCUT2D eigenvalue weighted by molar-refractivity contribution is 7.23. The Morgan fingerprint density at radius 1 is 1.09 bits per heavy atom. The van der Waals surface area contributed by atoms with Crippen LogP contribution in [0, 0.1) is 0 Å². The van der Waals surface area contributed by atoms with E-state index >= 15 is 0 Å². The van der Waals surface area contributed by atoms with Crippen LogP contribution in [-0.4, -0.2) is 15.9 Å². The molecule has 0 bridgehead atoms. The molecule has 0 fully saturated rings. The SMILES string of the molecule is O=C(Nc1ncc(-c2cc(Cl)cs2)s1)c1cnc(Cl)c(Cl)c1. The first-order valence-electron chi connectivity index (χ1n) is 5.85. The summed E-state index contributed by atoms with van der Waals surface area (Å²) >= 11 is 20.4. The smallest absolute Gasteiger partial charge is 0.259 e. The van der Waals surface area contributed by atoms with Crippen LogP contribution in [0.25, 0.3) is 9.75 Å². The second-order valence-corrected chi connectivity index (χ2v) is 7.25. The molecule has 1 N–H and O–H groups in total. The average Bonchev–Trinajstić information content (AvgIpc) is 3.10. The number of aromatic nitrogens is 2. The highest BCUT2D eigenvalue weighted by Crippen LogP contribution is 2.35. The maximum Gasteiger partial charge on any atom is 0.259 e. The van der Waals surface area contributed by atoms with Crippen molar-refractivity contribution in [1.82, 2.24) is 9.97 Å². The van der Waals surface area contributed by atoms with Gasteiger partial charge < -0.3 is 0 Å². The Labute approximate surface area is 148 Å². The van der Waals surface area contributed by atoms with E-state index < -0.39 is 0 Å². The molecule has 112 valence electrons. The number of thiophene rings is 1. The zero-order chi connectivity index (χ0) is 15.7. The normalized spacial score (nSPS) is 10.7. The van der Waals surface area contributed by atoms with E-state index in [1.54, 1.807) is 6.20 Å². The lowest BCUT2D eigenvalue weighted by molar-refractivity contribution is 0.102. The second-order valence-electron chi connectivity index (χ2n) is 4.11. The first kappa shape index (κ1) is 15.7. The molecule has 0 saturated heterocycles. The van der Waals surface area contributed by atoms with Crippen molar-refractivity contribution in [1.29, 1.82) is 0 Å². The maximum atomic E-state index is 12.1. The van der Waals surface area contributed by atoms with Crippen molar-refractivity contribution in [3.05, 3.63) is 50.7 Å². The third-order valence-electron chi connectivity index (χ3n) is 2.59. The fourth-order valence-corrected chi connectivity index (χ4v) is 3.84. The second kappa shape index (κ2) is 6.52. The van der Waals surface area contributed by atoms with E-state index in [0.29, 0.717) is 15.7 Å². The lowest BCUT2D eigenvalue weighted by Gasteiger charge is -2.02. The van der Waals surface area contributed by atoms with Crippen LogP contribution in [0.5, 0.6) is 0 Å². The van der Waals surface area contributed by atoms with Crippen molar-refractivity contribution in [3.8, 4) is 9.75 Å². The number of nitrogens with one attached hydrogen (secondary N) is 1. The molecule has 0 aliphatic rings. The zero-order valence-electron chi connectivity index (χ0n) is 10.6. The van der Waals surface area contributed by atoms with Crippen LogP contribution >= 0.6 is 57.5 Å². The van der Waals surface area contributed by atoms with Gasteiger partial charge in [0.1, 0.15) is 5.15 Å². The van der Waals surface area contributed by atoms with Gasteiger partial charge in [-0.05, 0) is 12.1 Å². The van der Waals surface area contributed by atoms with Gasteiger partial charge in [0.15, 0.2) is 5.13 Å². The first-order valence-corrected chi connectivity index (χ1v) is 8.68. The quantitative estimate of drug-likeness (QED) is 0.602. The number of hydrogen-bond acceptors (Lipinski definition) is 5. The van der Waals surface area contributed by atoms with E-state index in [1.807, 2.05) is 11.4 Å². The van der Waals surface area contributed by atoms with Crippen LogP contribution in [0.1, 0.15) is 10.4 Å². The minimum Gasteiger partial charge on any atom is -0.298 e. The van der Waals surface area contributed by atoms with E-state index in [4.69, 9.17) is 34.8 Å². The van der Waals surface area contributed by atoms with Crippen molar-refractivity contribution >= 4 is 68.5 Å². The maximum absolute atomic E-state index is 12.1. The van der Waals surface area contributed by atoms with Gasteiger partial charge in [-0.3, -0.25) is 10.1 Å². The van der Waals surface area contributed by atoms with E-state index in [9.17, 15) is 4.79 Å². The van der Waals surface area contributed by atoms with Gasteiger partial charge >= 0.3 is 0 Å². The lowest BCUT2D eigenvalue weighted by atomic mass is 10.3. The van der Waals surface area contributed by atoms with Gasteiger partial charge in [-0.2, -0.15) is 0 Å². The van der Waals surface area contributed by atoms with Crippen LogP contribution in [0.4, 0.5) is 5.13 Å². The van der Waals surface area contributed by atoms with Crippen LogP contribution in [0.3, 0.4) is 0 Å². The molecule has 22 heavy (non-hydrogen) atoms. The zero-order valence-corrected chi connectivity index (χ0v) is 14.5. The molecular weight excluding hydrogens is 385 g/mol. The Morgan fingerprint density at radius 2 is 1.91 bits per heavy atom. The summed E-state index contributed by atoms with van der Waals surface area (Å²) in [5.74, 6) is -0.351. The summed E-state index contributed by atoms with van der Waals surface area (Å²) in [5, 5.41) is 6.09. The van der Waals surface area contributed by atoms with Gasteiger partial charge in [-0.25, -0.2) is 9.97 Å². The first-order chi connectivity index (χ1) is 10.5. The summed E-state index contributed by atoms with van der Waals surface area (Å²) in [4.78, 5) is 22.1. The highest BCUT2D eigenvalue weighted by Gasteiger charge is 2.13. The number of thiazole rings is 1. The van der Waals surface area contributed by atoms with Crippen LogP contribution in [0.15, 0.2) is 29.9 Å².